The highest BCUT2D eigenvalue weighted by molar-refractivity contribution is 8.00. The molecule has 1 aromatic heterocycles. The van der Waals surface area contributed by atoms with Gasteiger partial charge in [0.25, 0.3) is 0 Å². The fraction of sp³-hybridized carbons (Fsp3) is 0.333. The Labute approximate surface area is 161 Å². The molecule has 1 fully saturated rings. The Bertz CT molecular complexity index is 861. The van der Waals surface area contributed by atoms with E-state index in [0.29, 0.717) is 0 Å². The Hall–Kier alpha value is -2.81. The molecule has 1 aliphatic rings. The number of carbonyl (C=O) groups is 3. The number of aromatic nitrogens is 2. The van der Waals surface area contributed by atoms with Gasteiger partial charge < -0.3 is 5.32 Å². The van der Waals surface area contributed by atoms with Crippen molar-refractivity contribution in [3.8, 4) is 5.69 Å². The Kier molecular flexibility index (Phi) is 5.80. The van der Waals surface area contributed by atoms with Gasteiger partial charge in [0.1, 0.15) is 0 Å². The number of hydrazine groups is 1. The minimum atomic E-state index is -0.871. The third-order valence-corrected chi connectivity index (χ3v) is 5.29. The van der Waals surface area contributed by atoms with Gasteiger partial charge in [-0.3, -0.25) is 25.2 Å². The number of amides is 3. The fourth-order valence-corrected chi connectivity index (χ4v) is 3.39. The second-order valence-electron chi connectivity index (χ2n) is 6.29. The first-order valence-corrected chi connectivity index (χ1v) is 9.58. The topological polar surface area (TPSA) is 105 Å². The van der Waals surface area contributed by atoms with Gasteiger partial charge in [-0.2, -0.15) is 5.10 Å². The van der Waals surface area contributed by atoms with Gasteiger partial charge in [0.05, 0.1) is 27.7 Å². The highest BCUT2D eigenvalue weighted by Crippen LogP contribution is 2.27. The molecule has 0 aliphatic heterocycles. The van der Waals surface area contributed by atoms with Crippen molar-refractivity contribution >= 4 is 29.5 Å². The van der Waals surface area contributed by atoms with E-state index in [2.05, 4.69) is 21.3 Å². The summed E-state index contributed by atoms with van der Waals surface area (Å²) < 4.78 is 1.83. The van der Waals surface area contributed by atoms with Gasteiger partial charge in [0.15, 0.2) is 0 Å². The lowest BCUT2D eigenvalue weighted by Gasteiger charge is -2.08. The molecule has 3 N–H and O–H groups in total. The minimum absolute atomic E-state index is 0.0848. The van der Waals surface area contributed by atoms with Crippen LogP contribution >= 0.6 is 11.8 Å². The summed E-state index contributed by atoms with van der Waals surface area (Å²) in [7, 11) is 0. The van der Waals surface area contributed by atoms with Crippen LogP contribution in [0.2, 0.25) is 0 Å². The van der Waals surface area contributed by atoms with Gasteiger partial charge in [0, 0.05) is 6.04 Å². The molecular weight excluding hydrogens is 366 g/mol. The summed E-state index contributed by atoms with van der Waals surface area (Å²) in [6, 6.07) is 9.82. The van der Waals surface area contributed by atoms with Crippen molar-refractivity contribution in [2.75, 3.05) is 5.75 Å². The molecule has 27 heavy (non-hydrogen) atoms. The predicted molar refractivity (Wildman–Crippen MR) is 101 cm³/mol. The summed E-state index contributed by atoms with van der Waals surface area (Å²) >= 11 is 1.33. The molecule has 142 valence electrons. The number of carbonyl (C=O) groups excluding carboxylic acids is 3. The maximum atomic E-state index is 12.0. The number of aryl methyl sites for hydroxylation is 1. The number of para-hydroxylation sites is 1. The monoisotopic (exact) mass is 387 g/mol. The molecule has 2 aromatic rings. The molecule has 0 radical (unpaired) electrons. The smallest absolute Gasteiger partial charge is 0.327 e. The zero-order valence-electron chi connectivity index (χ0n) is 15.1. The van der Waals surface area contributed by atoms with Crippen molar-refractivity contribution in [3.63, 3.8) is 0 Å². The van der Waals surface area contributed by atoms with Gasteiger partial charge in [-0.05, 0) is 38.8 Å². The average Bonchev–Trinajstić information content (AvgIpc) is 3.43. The summed E-state index contributed by atoms with van der Waals surface area (Å²) in [5, 5.41) is 7.08. The third kappa shape index (κ3) is 4.88. The first-order valence-electron chi connectivity index (χ1n) is 8.60. The van der Waals surface area contributed by atoms with Crippen molar-refractivity contribution in [3.05, 3.63) is 41.7 Å². The largest absolute Gasteiger partial charge is 0.345 e. The Morgan fingerprint density at radius 2 is 1.81 bits per heavy atom. The number of hydrogen-bond acceptors (Lipinski definition) is 5. The molecule has 3 amide bonds. The Balaban J connectivity index is 1.52. The normalized spacial score (nSPS) is 13.1. The second kappa shape index (κ2) is 8.26. The van der Waals surface area contributed by atoms with Gasteiger partial charge >= 0.3 is 11.8 Å². The summed E-state index contributed by atoms with van der Waals surface area (Å²) in [5.41, 5.74) is 7.09. The molecule has 9 heteroatoms. The molecule has 1 heterocycles. The molecule has 1 saturated carbocycles. The van der Waals surface area contributed by atoms with Crippen LogP contribution < -0.4 is 16.2 Å². The molecular formula is C18H21N5O3S. The van der Waals surface area contributed by atoms with Crippen molar-refractivity contribution < 1.29 is 14.4 Å². The molecule has 0 bridgehead atoms. The zero-order chi connectivity index (χ0) is 19.4. The van der Waals surface area contributed by atoms with Crippen molar-refractivity contribution in [1.82, 2.24) is 25.9 Å². The summed E-state index contributed by atoms with van der Waals surface area (Å²) in [4.78, 5) is 36.0. The van der Waals surface area contributed by atoms with E-state index in [1.807, 2.05) is 48.9 Å². The van der Waals surface area contributed by atoms with E-state index >= 15 is 0 Å². The van der Waals surface area contributed by atoms with Crippen LogP contribution in [0.15, 0.2) is 35.2 Å². The molecule has 0 atom stereocenters. The number of benzene rings is 1. The maximum absolute atomic E-state index is 12.0. The van der Waals surface area contributed by atoms with Crippen LogP contribution in [-0.2, 0) is 14.4 Å². The van der Waals surface area contributed by atoms with Crippen LogP contribution in [0, 0.1) is 13.8 Å². The van der Waals surface area contributed by atoms with Crippen LogP contribution in [0.5, 0.6) is 0 Å². The van der Waals surface area contributed by atoms with E-state index in [9.17, 15) is 14.4 Å². The van der Waals surface area contributed by atoms with Crippen molar-refractivity contribution in [2.45, 2.75) is 37.6 Å². The summed E-state index contributed by atoms with van der Waals surface area (Å²) in [6.07, 6.45) is 1.77. The molecule has 0 saturated heterocycles. The molecule has 8 nitrogen and oxygen atoms in total. The van der Waals surface area contributed by atoms with Crippen LogP contribution in [0.3, 0.4) is 0 Å². The van der Waals surface area contributed by atoms with E-state index in [-0.39, 0.29) is 11.8 Å². The Morgan fingerprint density at radius 3 is 2.48 bits per heavy atom. The first kappa shape index (κ1) is 19.0. The lowest BCUT2D eigenvalue weighted by atomic mass is 10.3. The minimum Gasteiger partial charge on any atom is -0.345 e. The standard InChI is InChI=1S/C18H21N5O3S/c1-11-16(12(2)23(22-11)14-6-4-3-5-7-14)27-10-15(24)20-21-18(26)17(25)19-13-8-9-13/h3-7,13H,8-10H2,1-2H3,(H,19,25)(H,20,24)(H,21,26). The SMILES string of the molecule is Cc1nn(-c2ccccc2)c(C)c1SCC(=O)NNC(=O)C(=O)NC1CC1. The van der Waals surface area contributed by atoms with Gasteiger partial charge in [-0.15, -0.1) is 11.8 Å². The number of thioether (sulfide) groups is 1. The highest BCUT2D eigenvalue weighted by atomic mass is 32.2. The Morgan fingerprint density at radius 1 is 1.11 bits per heavy atom. The van der Waals surface area contributed by atoms with E-state index < -0.39 is 17.7 Å². The molecule has 0 unspecified atom stereocenters. The summed E-state index contributed by atoms with van der Waals surface area (Å²) in [6.45, 7) is 3.83. The number of nitrogens with one attached hydrogen (secondary N) is 3. The van der Waals surface area contributed by atoms with Crippen LogP contribution in [0.1, 0.15) is 24.2 Å². The van der Waals surface area contributed by atoms with Crippen LogP contribution in [-0.4, -0.2) is 39.3 Å². The summed E-state index contributed by atoms with van der Waals surface area (Å²) in [5.74, 6) is -1.92. The maximum Gasteiger partial charge on any atom is 0.327 e. The molecule has 1 aromatic carbocycles. The second-order valence-corrected chi connectivity index (χ2v) is 7.27. The van der Waals surface area contributed by atoms with E-state index in [0.717, 1.165) is 34.8 Å². The first-order chi connectivity index (χ1) is 13.0. The van der Waals surface area contributed by atoms with Crippen LogP contribution in [0.25, 0.3) is 5.69 Å². The quantitative estimate of drug-likeness (QED) is 0.403. The highest BCUT2D eigenvalue weighted by Gasteiger charge is 2.26. The van der Waals surface area contributed by atoms with Gasteiger partial charge in [-0.1, -0.05) is 18.2 Å². The molecule has 1 aliphatic carbocycles. The zero-order valence-corrected chi connectivity index (χ0v) is 15.9. The lowest BCUT2D eigenvalue weighted by molar-refractivity contribution is -0.140. The van der Waals surface area contributed by atoms with E-state index in [1.54, 1.807) is 0 Å². The average molecular weight is 387 g/mol. The lowest BCUT2D eigenvalue weighted by Crippen LogP contribution is -2.49. The number of rotatable bonds is 5. The van der Waals surface area contributed by atoms with Crippen molar-refractivity contribution in [2.24, 2.45) is 0 Å². The third-order valence-electron chi connectivity index (χ3n) is 4.01. The molecule has 0 spiro atoms. The number of nitrogens with zero attached hydrogens (tertiary/aromatic N) is 2. The number of hydrogen-bond donors (Lipinski definition) is 3. The van der Waals surface area contributed by atoms with Crippen LogP contribution in [0.4, 0.5) is 0 Å². The van der Waals surface area contributed by atoms with Gasteiger partial charge in [0.2, 0.25) is 5.91 Å². The van der Waals surface area contributed by atoms with E-state index in [4.69, 9.17) is 0 Å². The predicted octanol–water partition coefficient (Wildman–Crippen LogP) is 1.01. The van der Waals surface area contributed by atoms with Gasteiger partial charge in [-0.25, -0.2) is 4.68 Å². The fourth-order valence-electron chi connectivity index (χ4n) is 2.49. The van der Waals surface area contributed by atoms with Crippen molar-refractivity contribution in [1.29, 1.82) is 0 Å². The van der Waals surface area contributed by atoms with E-state index in [1.165, 1.54) is 11.8 Å². The molecule has 3 rings (SSSR count).